The molecular formula is C23H20N2OS. The Balaban J connectivity index is 1.56. The minimum absolute atomic E-state index is 0.0418. The average molecular weight is 372 g/mol. The van der Waals surface area contributed by atoms with Gasteiger partial charge >= 0.3 is 0 Å². The topological polar surface area (TPSA) is 45.8 Å². The second-order valence-corrected chi connectivity index (χ2v) is 8.05. The lowest BCUT2D eigenvalue weighted by Gasteiger charge is -2.16. The Morgan fingerprint density at radius 1 is 1.00 bits per heavy atom. The molecule has 0 saturated heterocycles. The van der Waals surface area contributed by atoms with Crippen LogP contribution in [-0.4, -0.2) is 9.97 Å². The van der Waals surface area contributed by atoms with Gasteiger partial charge in [-0.25, -0.2) is 4.98 Å². The molecule has 27 heavy (non-hydrogen) atoms. The Kier molecular flexibility index (Phi) is 4.13. The first-order valence-corrected chi connectivity index (χ1v) is 10.3. The summed E-state index contributed by atoms with van der Waals surface area (Å²) in [7, 11) is 0. The zero-order valence-corrected chi connectivity index (χ0v) is 15.8. The molecule has 0 bridgehead atoms. The van der Waals surface area contributed by atoms with Crippen molar-refractivity contribution in [1.29, 1.82) is 0 Å². The van der Waals surface area contributed by atoms with Gasteiger partial charge in [0.15, 0.2) is 0 Å². The summed E-state index contributed by atoms with van der Waals surface area (Å²) < 4.78 is 0. The second-order valence-electron chi connectivity index (χ2n) is 7.20. The Morgan fingerprint density at radius 2 is 1.81 bits per heavy atom. The number of fused-ring (bicyclic) bond motifs is 2. The Morgan fingerprint density at radius 3 is 2.67 bits per heavy atom. The molecule has 3 nitrogen and oxygen atoms in total. The van der Waals surface area contributed by atoms with Crippen LogP contribution in [0.4, 0.5) is 0 Å². The minimum atomic E-state index is -0.0418. The van der Waals surface area contributed by atoms with Crippen LogP contribution in [0.5, 0.6) is 0 Å². The van der Waals surface area contributed by atoms with Crippen molar-refractivity contribution in [1.82, 2.24) is 9.97 Å². The van der Waals surface area contributed by atoms with Crippen molar-refractivity contribution < 1.29 is 0 Å². The highest BCUT2D eigenvalue weighted by atomic mass is 32.1. The summed E-state index contributed by atoms with van der Waals surface area (Å²) in [6, 6.07) is 16.8. The summed E-state index contributed by atoms with van der Waals surface area (Å²) in [5, 5.41) is 2.79. The van der Waals surface area contributed by atoms with E-state index in [0.29, 0.717) is 11.8 Å². The number of hydrogen-bond acceptors (Lipinski definition) is 3. The van der Waals surface area contributed by atoms with Crippen LogP contribution < -0.4 is 5.56 Å². The first-order valence-electron chi connectivity index (χ1n) is 9.44. The van der Waals surface area contributed by atoms with Gasteiger partial charge in [0, 0.05) is 17.4 Å². The molecule has 2 heterocycles. The van der Waals surface area contributed by atoms with Gasteiger partial charge < -0.3 is 4.98 Å². The van der Waals surface area contributed by atoms with E-state index in [1.807, 2.05) is 18.2 Å². The normalized spacial score (nSPS) is 13.6. The fourth-order valence-corrected chi connectivity index (χ4v) is 4.95. The molecular weight excluding hydrogens is 352 g/mol. The third kappa shape index (κ3) is 3.10. The monoisotopic (exact) mass is 372 g/mol. The molecule has 0 amide bonds. The zero-order chi connectivity index (χ0) is 18.2. The molecule has 2 aromatic heterocycles. The van der Waals surface area contributed by atoms with E-state index in [2.05, 4.69) is 40.7 Å². The van der Waals surface area contributed by atoms with Crippen LogP contribution in [0.3, 0.4) is 0 Å². The zero-order valence-electron chi connectivity index (χ0n) is 15.0. The molecule has 4 heteroatoms. The van der Waals surface area contributed by atoms with Gasteiger partial charge in [-0.3, -0.25) is 4.79 Å². The first-order chi connectivity index (χ1) is 13.3. The number of aryl methyl sites for hydroxylation is 2. The minimum Gasteiger partial charge on any atom is -0.310 e. The molecule has 134 valence electrons. The Bertz CT molecular complexity index is 1170. The number of aromatic nitrogens is 2. The molecule has 0 fully saturated rings. The summed E-state index contributed by atoms with van der Waals surface area (Å²) in [6.07, 6.45) is 5.48. The van der Waals surface area contributed by atoms with E-state index < -0.39 is 0 Å². The Hall–Kier alpha value is -2.72. The third-order valence-electron chi connectivity index (χ3n) is 5.37. The summed E-state index contributed by atoms with van der Waals surface area (Å²) in [5.41, 5.74) is 6.13. The first kappa shape index (κ1) is 16.5. The van der Waals surface area contributed by atoms with Crippen LogP contribution in [0.1, 0.15) is 35.4 Å². The van der Waals surface area contributed by atoms with Gasteiger partial charge in [-0.05, 0) is 47.9 Å². The molecule has 0 radical (unpaired) electrons. The molecule has 1 aliphatic carbocycles. The maximum Gasteiger partial charge on any atom is 0.260 e. The van der Waals surface area contributed by atoms with Crippen molar-refractivity contribution in [3.63, 3.8) is 0 Å². The lowest BCUT2D eigenvalue weighted by Crippen LogP contribution is -2.11. The highest BCUT2D eigenvalue weighted by Crippen LogP contribution is 2.33. The van der Waals surface area contributed by atoms with E-state index in [-0.39, 0.29) is 5.56 Å². The average Bonchev–Trinajstić information content (AvgIpc) is 3.13. The fraction of sp³-hybridized carbons (Fsp3) is 0.217. The van der Waals surface area contributed by atoms with Gasteiger partial charge in [0.2, 0.25) is 0 Å². The summed E-state index contributed by atoms with van der Waals surface area (Å²) in [4.78, 5) is 21.4. The van der Waals surface area contributed by atoms with Gasteiger partial charge in [0.25, 0.3) is 5.56 Å². The summed E-state index contributed by atoms with van der Waals surface area (Å²) in [6.45, 7) is 0. The van der Waals surface area contributed by atoms with E-state index in [0.717, 1.165) is 33.8 Å². The Labute approximate surface area is 161 Å². The molecule has 5 rings (SSSR count). The SMILES string of the molecule is O=c1[nH]c(Cc2ccccc2)nc2scc(-c3ccc4c(c3)CCCC4)c12. The van der Waals surface area contributed by atoms with Crippen molar-refractivity contribution in [2.24, 2.45) is 0 Å². The summed E-state index contributed by atoms with van der Waals surface area (Å²) in [5.74, 6) is 0.720. The molecule has 4 aromatic rings. The van der Waals surface area contributed by atoms with Crippen LogP contribution in [0.25, 0.3) is 21.3 Å². The van der Waals surface area contributed by atoms with E-state index in [1.54, 1.807) is 11.3 Å². The standard InChI is InChI=1S/C23H20N2OS/c26-22-21-19(18-11-10-16-8-4-5-9-17(16)13-18)14-27-23(21)25-20(24-22)12-15-6-2-1-3-7-15/h1-3,6-7,10-11,13-14H,4-5,8-9,12H2,(H,24,25,26). The lowest BCUT2D eigenvalue weighted by molar-refractivity contribution is 0.686. The smallest absolute Gasteiger partial charge is 0.260 e. The van der Waals surface area contributed by atoms with Crippen LogP contribution in [0.2, 0.25) is 0 Å². The summed E-state index contributed by atoms with van der Waals surface area (Å²) >= 11 is 1.55. The predicted molar refractivity (Wildman–Crippen MR) is 112 cm³/mol. The van der Waals surface area contributed by atoms with E-state index >= 15 is 0 Å². The number of hydrogen-bond donors (Lipinski definition) is 1. The van der Waals surface area contributed by atoms with Crippen LogP contribution in [0.15, 0.2) is 58.7 Å². The quantitative estimate of drug-likeness (QED) is 0.542. The highest BCUT2D eigenvalue weighted by molar-refractivity contribution is 7.17. The third-order valence-corrected chi connectivity index (χ3v) is 6.24. The van der Waals surface area contributed by atoms with Crippen LogP contribution >= 0.6 is 11.3 Å². The maximum absolute atomic E-state index is 12.8. The molecule has 0 spiro atoms. The number of H-pyrrole nitrogens is 1. The van der Waals surface area contributed by atoms with Crippen molar-refractivity contribution in [2.75, 3.05) is 0 Å². The van der Waals surface area contributed by atoms with E-state index in [1.165, 1.54) is 30.4 Å². The lowest BCUT2D eigenvalue weighted by atomic mass is 9.89. The van der Waals surface area contributed by atoms with Crippen LogP contribution in [-0.2, 0) is 19.3 Å². The number of aromatic amines is 1. The molecule has 0 saturated carbocycles. The van der Waals surface area contributed by atoms with Crippen molar-refractivity contribution in [3.05, 3.63) is 86.8 Å². The fourth-order valence-electron chi connectivity index (χ4n) is 3.98. The van der Waals surface area contributed by atoms with Gasteiger partial charge in [-0.15, -0.1) is 11.3 Å². The second kappa shape index (κ2) is 6.78. The van der Waals surface area contributed by atoms with Gasteiger partial charge in [0.05, 0.1) is 5.39 Å². The largest absolute Gasteiger partial charge is 0.310 e. The number of nitrogens with one attached hydrogen (secondary N) is 1. The van der Waals surface area contributed by atoms with Gasteiger partial charge in [0.1, 0.15) is 10.7 Å². The molecule has 0 unspecified atom stereocenters. The van der Waals surface area contributed by atoms with Gasteiger partial charge in [-0.1, -0.05) is 48.5 Å². The predicted octanol–water partition coefficient (Wildman–Crippen LogP) is 5.12. The molecule has 1 aliphatic rings. The van der Waals surface area contributed by atoms with Crippen molar-refractivity contribution >= 4 is 21.6 Å². The molecule has 2 aromatic carbocycles. The molecule has 0 aliphatic heterocycles. The van der Waals surface area contributed by atoms with E-state index in [4.69, 9.17) is 4.98 Å². The number of thiophene rings is 1. The van der Waals surface area contributed by atoms with Crippen molar-refractivity contribution in [3.8, 4) is 11.1 Å². The number of benzene rings is 2. The maximum atomic E-state index is 12.8. The van der Waals surface area contributed by atoms with Gasteiger partial charge in [-0.2, -0.15) is 0 Å². The number of nitrogens with zero attached hydrogens (tertiary/aromatic N) is 1. The number of rotatable bonds is 3. The van der Waals surface area contributed by atoms with Crippen LogP contribution in [0, 0.1) is 0 Å². The van der Waals surface area contributed by atoms with E-state index in [9.17, 15) is 4.79 Å². The highest BCUT2D eigenvalue weighted by Gasteiger charge is 2.15. The molecule has 1 N–H and O–H groups in total. The molecule has 0 atom stereocenters. The van der Waals surface area contributed by atoms with Crippen molar-refractivity contribution in [2.45, 2.75) is 32.1 Å².